The van der Waals surface area contributed by atoms with Crippen LogP contribution in [-0.4, -0.2) is 19.9 Å². The van der Waals surface area contributed by atoms with Gasteiger partial charge in [-0.3, -0.25) is 0 Å². The molecule has 0 saturated heterocycles. The molecular weight excluding hydrogens is 410 g/mol. The Hall–Kier alpha value is -2.78. The van der Waals surface area contributed by atoms with E-state index in [1.165, 1.54) is 5.56 Å². The minimum absolute atomic E-state index is 0. The number of rotatable bonds is 0. The van der Waals surface area contributed by atoms with Crippen LogP contribution in [0.3, 0.4) is 0 Å². The number of nitrogens with one attached hydrogen (secondary N) is 2. The van der Waals surface area contributed by atoms with Gasteiger partial charge in [0.15, 0.2) is 0 Å². The molecule has 2 aliphatic heterocycles. The molecule has 8 bridgehead atoms. The summed E-state index contributed by atoms with van der Waals surface area (Å²) in [6.07, 6.45) is 8.13. The molecular formula is C24H22N4Zn. The molecule has 0 atom stereocenters. The van der Waals surface area contributed by atoms with Crippen LogP contribution >= 0.6 is 0 Å². The fourth-order valence-corrected chi connectivity index (χ4v) is 3.64. The number of hydrogen-bond donors (Lipinski definition) is 2. The van der Waals surface area contributed by atoms with Crippen LogP contribution in [0.1, 0.15) is 49.1 Å². The van der Waals surface area contributed by atoms with Crippen LogP contribution in [0.4, 0.5) is 0 Å². The zero-order valence-electron chi connectivity index (χ0n) is 17.0. The van der Waals surface area contributed by atoms with E-state index in [1.807, 2.05) is 30.4 Å². The molecule has 29 heavy (non-hydrogen) atoms. The number of hydrogen-bond acceptors (Lipinski definition) is 2. The Morgan fingerprint density at radius 3 is 1.79 bits per heavy atom. The van der Waals surface area contributed by atoms with Gasteiger partial charge < -0.3 is 9.97 Å². The van der Waals surface area contributed by atoms with Gasteiger partial charge in [-0.25, -0.2) is 9.97 Å². The molecule has 0 unspecified atom stereocenters. The maximum Gasteiger partial charge on any atom is 0.0659 e. The summed E-state index contributed by atoms with van der Waals surface area (Å²) in [5, 5.41) is 0. The van der Waals surface area contributed by atoms with Crippen LogP contribution in [-0.2, 0) is 24.9 Å². The Morgan fingerprint density at radius 2 is 1.17 bits per heavy atom. The molecule has 5 heteroatoms. The van der Waals surface area contributed by atoms with Crippen LogP contribution in [0.25, 0.3) is 46.4 Å². The number of fused-ring (bicyclic) bond motifs is 8. The second-order valence-electron chi connectivity index (χ2n) is 8.34. The monoisotopic (exact) mass is 430 g/mol. The smallest absolute Gasteiger partial charge is 0.0659 e. The Labute approximate surface area is 182 Å². The molecule has 0 radical (unpaired) electrons. The summed E-state index contributed by atoms with van der Waals surface area (Å²) in [7, 11) is 0. The molecule has 0 aliphatic carbocycles. The van der Waals surface area contributed by atoms with Gasteiger partial charge in [0.05, 0.1) is 22.8 Å². The summed E-state index contributed by atoms with van der Waals surface area (Å²) in [5.74, 6) is 0. The molecule has 2 aliphatic rings. The second kappa shape index (κ2) is 7.24. The maximum absolute atomic E-state index is 4.74. The average molecular weight is 432 g/mol. The summed E-state index contributed by atoms with van der Waals surface area (Å²) >= 11 is 0. The predicted molar refractivity (Wildman–Crippen MR) is 118 cm³/mol. The number of H-pyrrole nitrogens is 2. The van der Waals surface area contributed by atoms with Gasteiger partial charge in [0, 0.05) is 41.5 Å². The van der Waals surface area contributed by atoms with Crippen molar-refractivity contribution >= 4 is 46.4 Å². The molecule has 2 N–H and O–H groups in total. The van der Waals surface area contributed by atoms with Gasteiger partial charge in [-0.2, -0.15) is 0 Å². The third-order valence-corrected chi connectivity index (χ3v) is 4.98. The molecule has 4 nitrogen and oxygen atoms in total. The largest absolute Gasteiger partial charge is 0.355 e. The van der Waals surface area contributed by atoms with Gasteiger partial charge in [-0.15, -0.1) is 0 Å². The molecule has 0 saturated carbocycles. The van der Waals surface area contributed by atoms with E-state index in [1.54, 1.807) is 0 Å². The van der Waals surface area contributed by atoms with Crippen molar-refractivity contribution in [3.05, 3.63) is 70.8 Å². The first-order valence-electron chi connectivity index (χ1n) is 9.51. The minimum atomic E-state index is 0. The molecule has 0 fully saturated rings. The third-order valence-electron chi connectivity index (χ3n) is 4.98. The Kier molecular flexibility index (Phi) is 4.88. The minimum Gasteiger partial charge on any atom is -0.355 e. The van der Waals surface area contributed by atoms with E-state index in [4.69, 9.17) is 4.98 Å². The van der Waals surface area contributed by atoms with Crippen molar-refractivity contribution in [3.63, 3.8) is 0 Å². The molecule has 3 aromatic heterocycles. The summed E-state index contributed by atoms with van der Waals surface area (Å²) in [4.78, 5) is 16.4. The van der Waals surface area contributed by atoms with Gasteiger partial charge in [-0.05, 0) is 77.7 Å². The van der Waals surface area contributed by atoms with E-state index in [0.717, 1.165) is 44.8 Å². The van der Waals surface area contributed by atoms with Crippen LogP contribution in [0.15, 0.2) is 42.5 Å². The van der Waals surface area contributed by atoms with Crippen molar-refractivity contribution in [1.29, 1.82) is 0 Å². The molecule has 0 aromatic carbocycles. The molecule has 140 valence electrons. The first-order valence-corrected chi connectivity index (χ1v) is 9.51. The fraction of sp³-hybridized carbons (Fsp3) is 0.167. The van der Waals surface area contributed by atoms with Gasteiger partial charge in [-0.1, -0.05) is 20.8 Å². The Balaban J connectivity index is 0.00000205. The maximum atomic E-state index is 4.74. The third kappa shape index (κ3) is 4.01. The standard InChI is InChI=1S/C24H22N4.Zn/c1-24(2,3)22-13-21-12-19-7-6-17(26-19)10-15-4-5-16(25-15)11-18-8-9-20(27-18)14-23(22)28-21;/h4-14,26,28H,1-3H3;. The number of nitrogens with zero attached hydrogens (tertiary/aromatic N) is 2. The zero-order chi connectivity index (χ0) is 19.3. The van der Waals surface area contributed by atoms with Crippen LogP contribution in [0.5, 0.6) is 0 Å². The van der Waals surface area contributed by atoms with E-state index in [0.29, 0.717) is 0 Å². The van der Waals surface area contributed by atoms with Crippen LogP contribution < -0.4 is 0 Å². The molecule has 3 aromatic rings. The van der Waals surface area contributed by atoms with E-state index in [-0.39, 0.29) is 24.9 Å². The molecule has 0 amide bonds. The number of aromatic amines is 2. The molecule has 5 heterocycles. The fourth-order valence-electron chi connectivity index (χ4n) is 3.64. The van der Waals surface area contributed by atoms with Crippen molar-refractivity contribution in [2.24, 2.45) is 0 Å². The van der Waals surface area contributed by atoms with Crippen LogP contribution in [0, 0.1) is 0 Å². The summed E-state index contributed by atoms with van der Waals surface area (Å²) in [5.41, 5.74) is 9.27. The molecule has 5 rings (SSSR count). The van der Waals surface area contributed by atoms with Gasteiger partial charge >= 0.3 is 0 Å². The van der Waals surface area contributed by atoms with Crippen molar-refractivity contribution in [2.45, 2.75) is 26.2 Å². The zero-order valence-corrected chi connectivity index (χ0v) is 19.9. The van der Waals surface area contributed by atoms with E-state index >= 15 is 0 Å². The topological polar surface area (TPSA) is 57.4 Å². The molecule has 0 spiro atoms. The van der Waals surface area contributed by atoms with Gasteiger partial charge in [0.25, 0.3) is 0 Å². The Morgan fingerprint density at radius 1 is 0.621 bits per heavy atom. The quantitative estimate of drug-likeness (QED) is 0.298. The summed E-state index contributed by atoms with van der Waals surface area (Å²) < 4.78 is 0. The Bertz CT molecular complexity index is 1300. The van der Waals surface area contributed by atoms with E-state index in [2.05, 4.69) is 72.1 Å². The first-order chi connectivity index (χ1) is 13.4. The van der Waals surface area contributed by atoms with E-state index < -0.39 is 0 Å². The summed E-state index contributed by atoms with van der Waals surface area (Å²) in [6, 6.07) is 14.7. The predicted octanol–water partition coefficient (Wildman–Crippen LogP) is 5.95. The van der Waals surface area contributed by atoms with Crippen molar-refractivity contribution in [1.82, 2.24) is 19.9 Å². The normalized spacial score (nSPS) is 12.8. The second-order valence-corrected chi connectivity index (χ2v) is 8.34. The average Bonchev–Trinajstić information content (AvgIpc) is 3.38. The van der Waals surface area contributed by atoms with Gasteiger partial charge in [0.2, 0.25) is 0 Å². The van der Waals surface area contributed by atoms with Crippen LogP contribution in [0.2, 0.25) is 0 Å². The summed E-state index contributed by atoms with van der Waals surface area (Å²) in [6.45, 7) is 6.70. The van der Waals surface area contributed by atoms with Crippen molar-refractivity contribution in [2.75, 3.05) is 0 Å². The van der Waals surface area contributed by atoms with Crippen molar-refractivity contribution < 1.29 is 19.5 Å². The van der Waals surface area contributed by atoms with Gasteiger partial charge in [0.1, 0.15) is 0 Å². The number of aromatic nitrogens is 4. The van der Waals surface area contributed by atoms with Crippen molar-refractivity contribution in [3.8, 4) is 0 Å². The van der Waals surface area contributed by atoms with E-state index in [9.17, 15) is 0 Å². The first kappa shape index (κ1) is 19.5. The SMILES string of the molecule is CC(C)(C)c1cc2cc3ccc(cc4nc(cc5nc(cc1[nH]2)C=C5)C=C4)[nH]3.[Zn].